The Kier molecular flexibility index (Phi) is 10.5. The first kappa shape index (κ1) is 36.9. The summed E-state index contributed by atoms with van der Waals surface area (Å²) in [6, 6.07) is 12.2. The predicted molar refractivity (Wildman–Crippen MR) is 190 cm³/mol. The lowest BCUT2D eigenvalue weighted by Crippen LogP contribution is -2.55. The standard InChI is InChI=1S/C37H45F3N8O5/c1-44-13-16-47(17-14-44)36(9-10-36)23-52-34-42-30-22-45(12-8-29(30)33(43-34)46-15-18-48(35(49)50)27(21-46)7-11-41)31-20-26(19-25-5-3-4-6-28(25)31)32(37(38,39)40)53-24-51-2/h3-6,19-20,27,32H,7-10,12-18,21-24H2,1-2H3,(H,49,50)/t27-,32?/m0/s1. The number of piperazine rings is 2. The molecule has 1 amide bonds. The van der Waals surface area contributed by atoms with Crippen LogP contribution in [0.2, 0.25) is 0 Å². The molecule has 0 spiro atoms. The van der Waals surface area contributed by atoms with Crippen LogP contribution in [0.25, 0.3) is 10.8 Å². The van der Waals surface area contributed by atoms with Crippen LogP contribution in [0.4, 0.5) is 29.5 Å². The second-order valence-corrected chi connectivity index (χ2v) is 14.4. The Morgan fingerprint density at radius 2 is 1.85 bits per heavy atom. The van der Waals surface area contributed by atoms with Gasteiger partial charge >= 0.3 is 18.3 Å². The Morgan fingerprint density at radius 3 is 2.55 bits per heavy atom. The molecule has 2 saturated heterocycles. The minimum atomic E-state index is -4.67. The van der Waals surface area contributed by atoms with Crippen molar-refractivity contribution in [3.8, 4) is 12.1 Å². The second kappa shape index (κ2) is 15.1. The number of hydrogen-bond donors (Lipinski definition) is 1. The van der Waals surface area contributed by atoms with Crippen LogP contribution >= 0.6 is 0 Å². The van der Waals surface area contributed by atoms with Crippen LogP contribution in [0, 0.1) is 11.3 Å². The smallest absolute Gasteiger partial charge is 0.418 e. The average molecular weight is 739 g/mol. The molecule has 1 saturated carbocycles. The molecule has 0 bridgehead atoms. The molecule has 3 aliphatic heterocycles. The van der Waals surface area contributed by atoms with Crippen molar-refractivity contribution >= 4 is 28.4 Å². The van der Waals surface area contributed by atoms with Crippen LogP contribution in [0.5, 0.6) is 6.01 Å². The fraction of sp³-hybridized carbons (Fsp3) is 0.568. The number of rotatable bonds is 11. The van der Waals surface area contributed by atoms with E-state index >= 15 is 0 Å². The van der Waals surface area contributed by atoms with E-state index in [1.165, 1.54) is 18.1 Å². The Morgan fingerprint density at radius 1 is 1.08 bits per heavy atom. The van der Waals surface area contributed by atoms with Gasteiger partial charge in [0.05, 0.1) is 36.3 Å². The summed E-state index contributed by atoms with van der Waals surface area (Å²) in [6.07, 6.45) is -5.35. The highest BCUT2D eigenvalue weighted by molar-refractivity contribution is 5.95. The Hall–Kier alpha value is -4.43. The number of methoxy groups -OCH3 is 1. The van der Waals surface area contributed by atoms with Gasteiger partial charge in [-0.1, -0.05) is 24.3 Å². The molecule has 3 aromatic rings. The van der Waals surface area contributed by atoms with E-state index in [4.69, 9.17) is 24.2 Å². The predicted octanol–water partition coefficient (Wildman–Crippen LogP) is 4.66. The third-order valence-electron chi connectivity index (χ3n) is 11.0. The molecule has 16 heteroatoms. The molecule has 4 heterocycles. The summed E-state index contributed by atoms with van der Waals surface area (Å²) in [5.41, 5.74) is 2.09. The highest BCUT2D eigenvalue weighted by atomic mass is 19.4. The number of halogens is 3. The molecule has 53 heavy (non-hydrogen) atoms. The number of ether oxygens (including phenoxy) is 3. The number of nitrogens with zero attached hydrogens (tertiary/aromatic N) is 8. The van der Waals surface area contributed by atoms with Gasteiger partial charge < -0.3 is 38.9 Å². The summed E-state index contributed by atoms with van der Waals surface area (Å²) in [5.74, 6) is 0.644. The van der Waals surface area contributed by atoms with E-state index in [0.717, 1.165) is 50.0 Å². The quantitative estimate of drug-likeness (QED) is 0.275. The van der Waals surface area contributed by atoms with Crippen molar-refractivity contribution in [2.24, 2.45) is 0 Å². The molecule has 13 nitrogen and oxygen atoms in total. The van der Waals surface area contributed by atoms with Crippen molar-refractivity contribution in [3.05, 3.63) is 53.2 Å². The van der Waals surface area contributed by atoms with Crippen LogP contribution < -0.4 is 14.5 Å². The van der Waals surface area contributed by atoms with Gasteiger partial charge in [0.15, 0.2) is 6.10 Å². The summed E-state index contributed by atoms with van der Waals surface area (Å²) in [4.78, 5) is 32.1. The van der Waals surface area contributed by atoms with Crippen LogP contribution in [0.15, 0.2) is 36.4 Å². The first-order valence-electron chi connectivity index (χ1n) is 18.0. The zero-order chi connectivity index (χ0) is 37.3. The first-order valence-corrected chi connectivity index (χ1v) is 18.0. The molecule has 0 radical (unpaired) electrons. The molecular formula is C37H45F3N8O5. The van der Waals surface area contributed by atoms with E-state index < -0.39 is 31.2 Å². The zero-order valence-electron chi connectivity index (χ0n) is 30.0. The number of amides is 1. The summed E-state index contributed by atoms with van der Waals surface area (Å²) >= 11 is 0. The molecule has 1 aromatic heterocycles. The van der Waals surface area contributed by atoms with Gasteiger partial charge in [0, 0.05) is 76.1 Å². The Balaban J connectivity index is 1.23. The minimum absolute atomic E-state index is 0.0279. The number of fused-ring (bicyclic) bond motifs is 2. The SMILES string of the molecule is COCOC(c1cc(N2CCc3c(nc(OCC4(N5CCN(C)CC5)CC4)nc3N3CCN(C(=O)O)[C@@H](CC#N)C3)C2)c2ccccc2c1)C(F)(F)F. The number of alkyl halides is 3. The van der Waals surface area contributed by atoms with Crippen molar-refractivity contribution in [1.29, 1.82) is 5.26 Å². The van der Waals surface area contributed by atoms with E-state index in [-0.39, 0.29) is 43.2 Å². The minimum Gasteiger partial charge on any atom is -0.465 e. The number of carboxylic acid groups (broad SMARTS) is 1. The lowest BCUT2D eigenvalue weighted by Gasteiger charge is -2.41. The van der Waals surface area contributed by atoms with Crippen LogP contribution in [-0.2, 0) is 22.4 Å². The van der Waals surface area contributed by atoms with Crippen LogP contribution in [0.3, 0.4) is 0 Å². The number of aromatic nitrogens is 2. The van der Waals surface area contributed by atoms with Crippen LogP contribution in [-0.4, -0.2) is 134 Å². The zero-order valence-corrected chi connectivity index (χ0v) is 30.0. The highest BCUT2D eigenvalue weighted by Gasteiger charge is 2.49. The number of likely N-dealkylation sites (N-methyl/N-ethyl adjacent to an activating group) is 1. The van der Waals surface area contributed by atoms with Crippen molar-refractivity contribution in [2.45, 2.75) is 56.1 Å². The van der Waals surface area contributed by atoms with Gasteiger partial charge in [0.2, 0.25) is 0 Å². The van der Waals surface area contributed by atoms with E-state index in [2.05, 4.69) is 22.9 Å². The monoisotopic (exact) mass is 738 g/mol. The van der Waals surface area contributed by atoms with Gasteiger partial charge in [-0.3, -0.25) is 4.90 Å². The summed E-state index contributed by atoms with van der Waals surface area (Å²) in [7, 11) is 3.41. The normalized spacial score (nSPS) is 21.3. The number of anilines is 2. The number of nitriles is 1. The van der Waals surface area contributed by atoms with Gasteiger partial charge in [0.25, 0.3) is 0 Å². The lowest BCUT2D eigenvalue weighted by atomic mass is 9.98. The van der Waals surface area contributed by atoms with Gasteiger partial charge in [-0.25, -0.2) is 4.79 Å². The van der Waals surface area contributed by atoms with E-state index in [9.17, 15) is 28.3 Å². The maximum Gasteiger partial charge on any atom is 0.418 e. The summed E-state index contributed by atoms with van der Waals surface area (Å²) in [5, 5.41) is 20.8. The molecule has 3 fully saturated rings. The largest absolute Gasteiger partial charge is 0.465 e. The van der Waals surface area contributed by atoms with Crippen molar-refractivity contribution < 1.29 is 37.3 Å². The maximum absolute atomic E-state index is 14.3. The topological polar surface area (TPSA) is 131 Å². The Labute approximate surface area is 306 Å². The number of hydrogen-bond acceptors (Lipinski definition) is 11. The molecular weight excluding hydrogens is 693 g/mol. The molecule has 1 aliphatic carbocycles. The van der Waals surface area contributed by atoms with E-state index in [0.29, 0.717) is 48.7 Å². The third-order valence-corrected chi connectivity index (χ3v) is 11.0. The van der Waals surface area contributed by atoms with Crippen molar-refractivity contribution in [2.75, 3.05) is 89.7 Å². The first-order chi connectivity index (χ1) is 25.5. The van der Waals surface area contributed by atoms with Crippen LogP contribution in [0.1, 0.15) is 42.2 Å². The third kappa shape index (κ3) is 7.80. The molecule has 284 valence electrons. The highest BCUT2D eigenvalue weighted by Crippen LogP contribution is 2.44. The van der Waals surface area contributed by atoms with Gasteiger partial charge in [-0.15, -0.1) is 0 Å². The fourth-order valence-corrected chi connectivity index (χ4v) is 7.92. The number of carbonyl (C=O) groups is 1. The molecule has 1 N–H and O–H groups in total. The maximum atomic E-state index is 14.3. The van der Waals surface area contributed by atoms with E-state index in [1.54, 1.807) is 18.2 Å². The molecule has 4 aliphatic rings. The fourth-order valence-electron chi connectivity index (χ4n) is 7.92. The summed E-state index contributed by atoms with van der Waals surface area (Å²) in [6.45, 7) is 5.41. The number of benzene rings is 2. The van der Waals surface area contributed by atoms with Gasteiger partial charge in [-0.05, 0) is 49.4 Å². The van der Waals surface area contributed by atoms with Crippen molar-refractivity contribution in [3.63, 3.8) is 0 Å². The lowest BCUT2D eigenvalue weighted by molar-refractivity contribution is -0.243. The van der Waals surface area contributed by atoms with Crippen molar-refractivity contribution in [1.82, 2.24) is 24.7 Å². The van der Waals surface area contributed by atoms with Gasteiger partial charge in [-0.2, -0.15) is 28.4 Å². The molecule has 7 rings (SSSR count). The summed E-state index contributed by atoms with van der Waals surface area (Å²) < 4.78 is 59.4. The van der Waals surface area contributed by atoms with E-state index in [1.807, 2.05) is 21.9 Å². The van der Waals surface area contributed by atoms with Gasteiger partial charge in [0.1, 0.15) is 19.2 Å². The Bertz CT molecular complexity index is 1850. The second-order valence-electron chi connectivity index (χ2n) is 14.4. The molecule has 2 aromatic carbocycles. The molecule has 1 unspecified atom stereocenters. The molecule has 2 atom stereocenters. The average Bonchev–Trinajstić information content (AvgIpc) is 3.94.